The molecule has 41 heavy (non-hydrogen) atoms. The lowest BCUT2D eigenvalue weighted by Gasteiger charge is -2.33. The summed E-state index contributed by atoms with van der Waals surface area (Å²) in [4.78, 5) is 33.8. The van der Waals surface area contributed by atoms with Crippen molar-refractivity contribution in [2.45, 2.75) is 71.6 Å². The Morgan fingerprint density at radius 1 is 1.27 bits per heavy atom. The molecule has 222 valence electrons. The van der Waals surface area contributed by atoms with Crippen LogP contribution in [0.4, 0.5) is 10.6 Å². The number of rotatable bonds is 10. The number of aromatic nitrogens is 3. The molecule has 2 amide bonds. The number of carbonyl (C=O) groups is 2. The molecule has 1 atom stereocenters. The summed E-state index contributed by atoms with van der Waals surface area (Å²) in [5, 5.41) is 7.70. The van der Waals surface area contributed by atoms with Crippen LogP contribution in [0.15, 0.2) is 61.2 Å². The maximum atomic E-state index is 13.3. The number of amides is 2. The van der Waals surface area contributed by atoms with Crippen molar-refractivity contribution in [2.24, 2.45) is 0 Å². The third-order valence-corrected chi connectivity index (χ3v) is 6.98. The average Bonchev–Trinajstić information content (AvgIpc) is 3.42. The van der Waals surface area contributed by atoms with Crippen LogP contribution in [0.25, 0.3) is 11.1 Å². The fourth-order valence-corrected chi connectivity index (χ4v) is 4.72. The van der Waals surface area contributed by atoms with Crippen molar-refractivity contribution in [2.75, 3.05) is 32.4 Å². The van der Waals surface area contributed by atoms with E-state index in [1.165, 1.54) is 0 Å². The molecule has 1 aliphatic rings. The number of pyridine rings is 1. The molecule has 0 radical (unpaired) electrons. The van der Waals surface area contributed by atoms with Crippen molar-refractivity contribution in [1.29, 1.82) is 0 Å². The van der Waals surface area contributed by atoms with Crippen LogP contribution in [0.1, 0.15) is 70.3 Å². The zero-order valence-corrected chi connectivity index (χ0v) is 25.3. The van der Waals surface area contributed by atoms with Gasteiger partial charge in [0.25, 0.3) is 5.91 Å². The molecule has 2 aromatic heterocycles. The molecule has 3 heterocycles. The fraction of sp³-hybridized carbons (Fsp3) is 0.484. The smallest absolute Gasteiger partial charge is 0.410 e. The molecule has 2 aromatic rings. The van der Waals surface area contributed by atoms with Crippen LogP contribution >= 0.6 is 0 Å². The van der Waals surface area contributed by atoms with Gasteiger partial charge in [0.1, 0.15) is 11.4 Å². The summed E-state index contributed by atoms with van der Waals surface area (Å²) < 4.78 is 7.43. The number of anilines is 1. The second kappa shape index (κ2) is 14.0. The third-order valence-electron chi connectivity index (χ3n) is 6.98. The second-order valence-electron chi connectivity index (χ2n) is 11.4. The van der Waals surface area contributed by atoms with Gasteiger partial charge >= 0.3 is 6.09 Å². The highest BCUT2D eigenvalue weighted by Gasteiger charge is 2.28. The van der Waals surface area contributed by atoms with E-state index in [9.17, 15) is 9.59 Å². The number of ether oxygens (including phenoxy) is 1. The molecular weight excluding hydrogens is 518 g/mol. The van der Waals surface area contributed by atoms with Crippen molar-refractivity contribution in [3.8, 4) is 11.1 Å². The number of nitrogen functional groups attached to an aromatic ring is 1. The van der Waals surface area contributed by atoms with E-state index in [1.807, 2.05) is 70.8 Å². The lowest BCUT2D eigenvalue weighted by atomic mass is 10.1. The van der Waals surface area contributed by atoms with Crippen LogP contribution in [-0.4, -0.2) is 74.9 Å². The van der Waals surface area contributed by atoms with E-state index in [0.717, 1.165) is 36.1 Å². The van der Waals surface area contributed by atoms with E-state index in [0.29, 0.717) is 25.2 Å². The number of nitrogens with two attached hydrogens (primary N) is 1. The Balaban J connectivity index is 1.67. The molecule has 0 spiro atoms. The van der Waals surface area contributed by atoms with Crippen molar-refractivity contribution >= 4 is 17.8 Å². The quantitative estimate of drug-likeness (QED) is 0.382. The molecule has 10 heteroatoms. The molecule has 0 aromatic carbocycles. The standard InChI is InChI=1S/C31H45N7O3/c1-8-11-25(12-9-2)36(7)21-24(10-3)35-29(39)27-17-22(18-33-28(27)32)23-19-34-38(20-23)26-13-15-37(16-14-26)30(40)41-31(4,5)6/h8-9,11-12,17-20,24,26H,1,10,13-16,21H2,2-7H3,(H2,32,33)(H,35,39)/b12-9-,25-11+. The van der Waals surface area contributed by atoms with Gasteiger partial charge in [-0.2, -0.15) is 5.10 Å². The summed E-state index contributed by atoms with van der Waals surface area (Å²) in [6.45, 7) is 15.2. The first-order valence-corrected chi connectivity index (χ1v) is 14.2. The zero-order valence-electron chi connectivity index (χ0n) is 25.3. The summed E-state index contributed by atoms with van der Waals surface area (Å²) in [6.07, 6.45) is 15.1. The van der Waals surface area contributed by atoms with E-state index in [2.05, 4.69) is 26.9 Å². The minimum Gasteiger partial charge on any atom is -0.444 e. The molecule has 0 saturated carbocycles. The zero-order chi connectivity index (χ0) is 30.2. The number of nitrogens with one attached hydrogen (secondary N) is 1. The van der Waals surface area contributed by atoms with Gasteiger partial charge in [-0.3, -0.25) is 9.48 Å². The average molecular weight is 564 g/mol. The van der Waals surface area contributed by atoms with E-state index < -0.39 is 5.60 Å². The summed E-state index contributed by atoms with van der Waals surface area (Å²) >= 11 is 0. The van der Waals surface area contributed by atoms with Crippen molar-refractivity contribution < 1.29 is 14.3 Å². The van der Waals surface area contributed by atoms with Gasteiger partial charge in [0.05, 0.1) is 17.8 Å². The normalized spacial score (nSPS) is 15.6. The van der Waals surface area contributed by atoms with E-state index >= 15 is 0 Å². The summed E-state index contributed by atoms with van der Waals surface area (Å²) in [5.74, 6) is -0.0863. The van der Waals surface area contributed by atoms with E-state index in [-0.39, 0.29) is 29.9 Å². The number of likely N-dealkylation sites (tertiary alicyclic amines) is 1. The van der Waals surface area contributed by atoms with Gasteiger partial charge in [-0.15, -0.1) is 0 Å². The van der Waals surface area contributed by atoms with Crippen LogP contribution in [0, 0.1) is 0 Å². The van der Waals surface area contributed by atoms with Gasteiger partial charge in [0.15, 0.2) is 0 Å². The molecule has 10 nitrogen and oxygen atoms in total. The van der Waals surface area contributed by atoms with Gasteiger partial charge in [0, 0.05) is 61.9 Å². The van der Waals surface area contributed by atoms with Crippen LogP contribution in [0.5, 0.6) is 0 Å². The Kier molecular flexibility index (Phi) is 10.7. The SMILES string of the molecule is C=C/C=C(\C=C/C)N(C)CC(CC)NC(=O)c1cc(-c2cnn(C3CCN(C(=O)OC(C)(C)C)CC3)c2)cnc1N. The summed E-state index contributed by atoms with van der Waals surface area (Å²) in [6, 6.07) is 1.84. The number of hydrogen-bond acceptors (Lipinski definition) is 7. The molecule has 1 aliphatic heterocycles. The summed E-state index contributed by atoms with van der Waals surface area (Å²) in [5.41, 5.74) is 8.57. The van der Waals surface area contributed by atoms with Crippen molar-refractivity contribution in [3.05, 3.63) is 66.8 Å². The number of nitrogens with zero attached hydrogens (tertiary/aromatic N) is 5. The van der Waals surface area contributed by atoms with Crippen LogP contribution < -0.4 is 11.1 Å². The molecule has 0 aliphatic carbocycles. The lowest BCUT2D eigenvalue weighted by Crippen LogP contribution is -2.42. The Morgan fingerprint density at radius 3 is 2.59 bits per heavy atom. The van der Waals surface area contributed by atoms with E-state index in [1.54, 1.807) is 29.4 Å². The van der Waals surface area contributed by atoms with Gasteiger partial charge in [0.2, 0.25) is 0 Å². The first-order valence-electron chi connectivity index (χ1n) is 14.2. The minimum absolute atomic E-state index is 0.0941. The molecule has 1 saturated heterocycles. The highest BCUT2D eigenvalue weighted by molar-refractivity contribution is 5.99. The van der Waals surface area contributed by atoms with Crippen LogP contribution in [0.2, 0.25) is 0 Å². The largest absolute Gasteiger partial charge is 0.444 e. The third kappa shape index (κ3) is 8.70. The first kappa shape index (κ1) is 31.4. The van der Waals surface area contributed by atoms with Gasteiger partial charge in [-0.1, -0.05) is 25.7 Å². The highest BCUT2D eigenvalue weighted by Crippen LogP contribution is 2.27. The number of allylic oxidation sites excluding steroid dienone is 4. The monoisotopic (exact) mass is 563 g/mol. The Bertz CT molecular complexity index is 1270. The maximum absolute atomic E-state index is 13.3. The molecule has 3 N–H and O–H groups in total. The molecular formula is C31H45N7O3. The van der Waals surface area contributed by atoms with Crippen LogP contribution in [0.3, 0.4) is 0 Å². The fourth-order valence-electron chi connectivity index (χ4n) is 4.72. The summed E-state index contributed by atoms with van der Waals surface area (Å²) in [7, 11) is 1.99. The van der Waals surface area contributed by atoms with Crippen molar-refractivity contribution in [1.82, 2.24) is 29.9 Å². The van der Waals surface area contributed by atoms with Crippen LogP contribution in [-0.2, 0) is 4.74 Å². The maximum Gasteiger partial charge on any atom is 0.410 e. The highest BCUT2D eigenvalue weighted by atomic mass is 16.6. The van der Waals surface area contributed by atoms with Gasteiger partial charge in [-0.25, -0.2) is 9.78 Å². The van der Waals surface area contributed by atoms with Gasteiger partial charge < -0.3 is 25.6 Å². The number of likely N-dealkylation sites (N-methyl/N-ethyl adjacent to an activating group) is 1. The predicted molar refractivity (Wildman–Crippen MR) is 163 cm³/mol. The Labute approximate surface area is 243 Å². The molecule has 1 unspecified atom stereocenters. The predicted octanol–water partition coefficient (Wildman–Crippen LogP) is 5.19. The number of carbonyl (C=O) groups excluding carboxylic acids is 2. The topological polar surface area (TPSA) is 119 Å². The number of hydrogen-bond donors (Lipinski definition) is 2. The lowest BCUT2D eigenvalue weighted by molar-refractivity contribution is 0.0184. The first-order chi connectivity index (χ1) is 19.4. The Hall–Kier alpha value is -4.08. The number of piperidine rings is 1. The van der Waals surface area contributed by atoms with E-state index in [4.69, 9.17) is 10.5 Å². The van der Waals surface area contributed by atoms with Gasteiger partial charge in [-0.05, 0) is 65.2 Å². The van der Waals surface area contributed by atoms with Crippen molar-refractivity contribution in [3.63, 3.8) is 0 Å². The minimum atomic E-state index is -0.514. The second-order valence-corrected chi connectivity index (χ2v) is 11.4. The molecule has 0 bridgehead atoms. The molecule has 3 rings (SSSR count). The Morgan fingerprint density at radius 2 is 1.98 bits per heavy atom. The molecule has 1 fully saturated rings.